The number of nitrogens with zero attached hydrogens (tertiary/aromatic N) is 4. The Kier molecular flexibility index (Phi) is 4.54. The van der Waals surface area contributed by atoms with Crippen LogP contribution in [0, 0.1) is 5.92 Å². The lowest BCUT2D eigenvalue weighted by molar-refractivity contribution is 0.388. The molecule has 1 aliphatic heterocycles. The molecule has 0 unspecified atom stereocenters. The van der Waals surface area contributed by atoms with Gasteiger partial charge < -0.3 is 15.1 Å². The fourth-order valence-corrected chi connectivity index (χ4v) is 2.42. The molecule has 2 N–H and O–H groups in total. The van der Waals surface area contributed by atoms with Gasteiger partial charge in [0, 0.05) is 13.1 Å². The molecule has 1 aromatic rings. The highest BCUT2D eigenvalue weighted by atomic mass is 15.4. The number of rotatable bonds is 5. The average molecular weight is 252 g/mol. The monoisotopic (exact) mass is 252 g/mol. The van der Waals surface area contributed by atoms with Crippen LogP contribution in [-0.2, 0) is 6.54 Å². The van der Waals surface area contributed by atoms with Gasteiger partial charge in [0.2, 0.25) is 5.95 Å². The van der Waals surface area contributed by atoms with Gasteiger partial charge in [-0.15, -0.1) is 5.10 Å². The van der Waals surface area contributed by atoms with Crippen molar-refractivity contribution in [1.29, 1.82) is 0 Å². The molecule has 0 radical (unpaired) electrons. The summed E-state index contributed by atoms with van der Waals surface area (Å²) in [5.41, 5.74) is 0. The van der Waals surface area contributed by atoms with Gasteiger partial charge in [-0.1, -0.05) is 0 Å². The molecular formula is C12H24N6. The number of H-pyrrole nitrogens is 1. The van der Waals surface area contributed by atoms with E-state index in [1.807, 2.05) is 21.1 Å². The standard InChI is InChI=1S/C12H24N6/c1-13-8-10-4-6-18(7-5-10)12-14-11(15-16-12)9-17(2)3/h10,13H,4-9H2,1-3H3,(H,14,15,16). The molecule has 0 atom stereocenters. The maximum Gasteiger partial charge on any atom is 0.244 e. The Hall–Kier alpha value is -1.14. The van der Waals surface area contributed by atoms with Crippen LogP contribution in [0.3, 0.4) is 0 Å². The molecule has 0 saturated carbocycles. The van der Waals surface area contributed by atoms with Crippen molar-refractivity contribution in [2.24, 2.45) is 5.92 Å². The van der Waals surface area contributed by atoms with Crippen LogP contribution >= 0.6 is 0 Å². The fraction of sp³-hybridized carbons (Fsp3) is 0.833. The minimum Gasteiger partial charge on any atom is -0.340 e. The molecule has 0 amide bonds. The Morgan fingerprint density at radius 1 is 1.39 bits per heavy atom. The van der Waals surface area contributed by atoms with Crippen LogP contribution < -0.4 is 10.2 Å². The Morgan fingerprint density at radius 3 is 2.72 bits per heavy atom. The maximum atomic E-state index is 4.55. The lowest BCUT2D eigenvalue weighted by Gasteiger charge is -2.30. The first-order chi connectivity index (χ1) is 8.69. The molecule has 2 heterocycles. The summed E-state index contributed by atoms with van der Waals surface area (Å²) in [7, 11) is 6.09. The first-order valence-corrected chi connectivity index (χ1v) is 6.64. The predicted octanol–water partition coefficient (Wildman–Crippen LogP) is 0.302. The van der Waals surface area contributed by atoms with Gasteiger partial charge in [0.15, 0.2) is 0 Å². The van der Waals surface area contributed by atoms with Crippen LogP contribution in [0.1, 0.15) is 18.7 Å². The summed E-state index contributed by atoms with van der Waals surface area (Å²) >= 11 is 0. The van der Waals surface area contributed by atoms with Crippen molar-refractivity contribution < 1.29 is 0 Å². The molecule has 0 bridgehead atoms. The second kappa shape index (κ2) is 6.15. The number of piperidine rings is 1. The van der Waals surface area contributed by atoms with Crippen molar-refractivity contribution >= 4 is 5.95 Å². The summed E-state index contributed by atoms with van der Waals surface area (Å²) in [6.07, 6.45) is 2.44. The summed E-state index contributed by atoms with van der Waals surface area (Å²) in [5.74, 6) is 2.59. The highest BCUT2D eigenvalue weighted by Crippen LogP contribution is 2.20. The van der Waals surface area contributed by atoms with Crippen molar-refractivity contribution in [2.75, 3.05) is 45.7 Å². The van der Waals surface area contributed by atoms with Crippen LogP contribution in [0.4, 0.5) is 5.95 Å². The molecule has 6 nitrogen and oxygen atoms in total. The van der Waals surface area contributed by atoms with Crippen molar-refractivity contribution in [3.05, 3.63) is 5.82 Å². The zero-order valence-electron chi connectivity index (χ0n) is 11.6. The Bertz CT molecular complexity index is 353. The van der Waals surface area contributed by atoms with Gasteiger partial charge in [-0.05, 0) is 46.4 Å². The van der Waals surface area contributed by atoms with Gasteiger partial charge >= 0.3 is 0 Å². The van der Waals surface area contributed by atoms with Gasteiger partial charge in [0.1, 0.15) is 5.82 Å². The molecule has 1 aromatic heterocycles. The smallest absolute Gasteiger partial charge is 0.244 e. The summed E-state index contributed by atoms with van der Waals surface area (Å²) in [6, 6.07) is 0. The lowest BCUT2D eigenvalue weighted by Crippen LogP contribution is -2.37. The number of aromatic nitrogens is 3. The quantitative estimate of drug-likeness (QED) is 0.789. The number of nitrogens with one attached hydrogen (secondary N) is 2. The fourth-order valence-electron chi connectivity index (χ4n) is 2.42. The molecule has 102 valence electrons. The van der Waals surface area contributed by atoms with Gasteiger partial charge in [-0.3, -0.25) is 5.10 Å². The van der Waals surface area contributed by atoms with Gasteiger partial charge in [-0.25, -0.2) is 0 Å². The van der Waals surface area contributed by atoms with Gasteiger partial charge in [0.05, 0.1) is 6.54 Å². The topological polar surface area (TPSA) is 60.1 Å². The third-order valence-electron chi connectivity index (χ3n) is 3.38. The van der Waals surface area contributed by atoms with E-state index in [2.05, 4.69) is 30.3 Å². The second-order valence-electron chi connectivity index (χ2n) is 5.31. The van der Waals surface area contributed by atoms with E-state index in [1.54, 1.807) is 0 Å². The Balaban J connectivity index is 1.87. The van der Waals surface area contributed by atoms with Crippen molar-refractivity contribution in [3.63, 3.8) is 0 Å². The molecule has 0 aromatic carbocycles. The van der Waals surface area contributed by atoms with E-state index in [4.69, 9.17) is 0 Å². The van der Waals surface area contributed by atoms with Crippen molar-refractivity contribution in [1.82, 2.24) is 25.4 Å². The van der Waals surface area contributed by atoms with Crippen LogP contribution in [-0.4, -0.2) is 60.9 Å². The van der Waals surface area contributed by atoms with E-state index in [-0.39, 0.29) is 0 Å². The second-order valence-corrected chi connectivity index (χ2v) is 5.31. The van der Waals surface area contributed by atoms with Crippen molar-refractivity contribution in [3.8, 4) is 0 Å². The van der Waals surface area contributed by atoms with Crippen LogP contribution in [0.25, 0.3) is 0 Å². The highest BCUT2D eigenvalue weighted by molar-refractivity contribution is 5.29. The van der Waals surface area contributed by atoms with E-state index in [9.17, 15) is 0 Å². The number of hydrogen-bond donors (Lipinski definition) is 2. The molecule has 1 fully saturated rings. The predicted molar refractivity (Wildman–Crippen MR) is 72.6 cm³/mol. The molecule has 2 rings (SSSR count). The van der Waals surface area contributed by atoms with Crippen molar-refractivity contribution in [2.45, 2.75) is 19.4 Å². The van der Waals surface area contributed by atoms with E-state index < -0.39 is 0 Å². The van der Waals surface area contributed by atoms with Crippen LogP contribution in [0.2, 0.25) is 0 Å². The third kappa shape index (κ3) is 3.43. The van der Waals surface area contributed by atoms with E-state index in [1.165, 1.54) is 12.8 Å². The van der Waals surface area contributed by atoms with Crippen LogP contribution in [0.5, 0.6) is 0 Å². The Morgan fingerprint density at radius 2 is 2.11 bits per heavy atom. The SMILES string of the molecule is CNCC1CCN(c2n[nH]c(CN(C)C)n2)CC1. The van der Waals surface area contributed by atoms with Gasteiger partial charge in [-0.2, -0.15) is 4.98 Å². The average Bonchev–Trinajstić information content (AvgIpc) is 2.78. The van der Waals surface area contributed by atoms with E-state index in [0.29, 0.717) is 0 Å². The largest absolute Gasteiger partial charge is 0.340 e. The maximum absolute atomic E-state index is 4.55. The van der Waals surface area contributed by atoms with E-state index in [0.717, 1.165) is 43.9 Å². The highest BCUT2D eigenvalue weighted by Gasteiger charge is 2.21. The first-order valence-electron chi connectivity index (χ1n) is 6.64. The summed E-state index contributed by atoms with van der Waals surface area (Å²) in [5, 5.41) is 10.6. The molecule has 1 saturated heterocycles. The molecule has 1 aliphatic rings. The number of hydrogen-bond acceptors (Lipinski definition) is 5. The third-order valence-corrected chi connectivity index (χ3v) is 3.38. The molecule has 6 heteroatoms. The molecule has 0 spiro atoms. The Labute approximate surface area is 109 Å². The summed E-state index contributed by atoms with van der Waals surface area (Å²) in [4.78, 5) is 8.91. The van der Waals surface area contributed by atoms with Crippen LogP contribution in [0.15, 0.2) is 0 Å². The number of anilines is 1. The zero-order chi connectivity index (χ0) is 13.0. The first kappa shape index (κ1) is 13.3. The minimum absolute atomic E-state index is 0.798. The minimum atomic E-state index is 0.798. The van der Waals surface area contributed by atoms with Gasteiger partial charge in [0.25, 0.3) is 0 Å². The number of aromatic amines is 1. The molecule has 0 aliphatic carbocycles. The molecular weight excluding hydrogens is 228 g/mol. The summed E-state index contributed by atoms with van der Waals surface area (Å²) in [6.45, 7) is 4.05. The zero-order valence-corrected chi connectivity index (χ0v) is 11.6. The summed E-state index contributed by atoms with van der Waals surface area (Å²) < 4.78 is 0. The molecule has 18 heavy (non-hydrogen) atoms. The lowest BCUT2D eigenvalue weighted by atomic mass is 9.97. The normalized spacial score (nSPS) is 17.7. The van der Waals surface area contributed by atoms with E-state index >= 15 is 0 Å².